The summed E-state index contributed by atoms with van der Waals surface area (Å²) in [4.78, 5) is 29.0. The third-order valence-electron chi connectivity index (χ3n) is 5.23. The lowest BCUT2D eigenvalue weighted by molar-refractivity contribution is -0.132. The molecule has 2 amide bonds. The van der Waals surface area contributed by atoms with E-state index in [9.17, 15) is 14.9 Å². The van der Waals surface area contributed by atoms with Gasteiger partial charge in [0.15, 0.2) is 6.10 Å². The van der Waals surface area contributed by atoms with E-state index in [-0.39, 0.29) is 5.91 Å². The Hall–Kier alpha value is -1.85. The number of amides is 2. The van der Waals surface area contributed by atoms with Crippen molar-refractivity contribution in [3.8, 4) is 6.07 Å². The molecule has 2 aliphatic heterocycles. The monoisotopic (exact) mass is 380 g/mol. The molecule has 1 N–H and O–H groups in total. The van der Waals surface area contributed by atoms with Crippen LogP contribution in [-0.4, -0.2) is 79.9 Å². The summed E-state index contributed by atoms with van der Waals surface area (Å²) in [6.45, 7) is 7.50. The van der Waals surface area contributed by atoms with Gasteiger partial charge in [0.2, 0.25) is 0 Å². The summed E-state index contributed by atoms with van der Waals surface area (Å²) >= 11 is 0. The number of nitriles is 1. The predicted molar refractivity (Wildman–Crippen MR) is 100.0 cm³/mol. The second-order valence-electron chi connectivity index (χ2n) is 7.93. The topological polar surface area (TPSA) is 94.9 Å². The smallest absolute Gasteiger partial charge is 0.410 e. The molecule has 2 rings (SSSR count). The van der Waals surface area contributed by atoms with Gasteiger partial charge in [-0.2, -0.15) is 5.26 Å². The molecule has 1 atom stereocenters. The lowest BCUT2D eigenvalue weighted by atomic mass is 9.88. The molecule has 0 aromatic heterocycles. The molecule has 0 bridgehead atoms. The number of nitrogens with one attached hydrogen (secondary N) is 1. The highest BCUT2D eigenvalue weighted by Gasteiger charge is 2.38. The lowest BCUT2D eigenvalue weighted by Crippen LogP contribution is -2.56. The molecule has 2 heterocycles. The van der Waals surface area contributed by atoms with Gasteiger partial charge in [-0.05, 0) is 38.6 Å². The summed E-state index contributed by atoms with van der Waals surface area (Å²) in [7, 11) is 2.00. The Morgan fingerprint density at radius 3 is 2.37 bits per heavy atom. The molecule has 0 aromatic rings. The SMILES string of the molecule is CC(C)CC[C@H](OC(=O)N1CCOCC1)C(=O)NC1(C#N)CCN(C)CC1. The summed E-state index contributed by atoms with van der Waals surface area (Å²) in [6.07, 6.45) is 0.974. The van der Waals surface area contributed by atoms with Crippen molar-refractivity contribution in [1.82, 2.24) is 15.1 Å². The van der Waals surface area contributed by atoms with E-state index < -0.39 is 17.7 Å². The van der Waals surface area contributed by atoms with Crippen molar-refractivity contribution in [1.29, 1.82) is 5.26 Å². The van der Waals surface area contributed by atoms with E-state index in [1.165, 1.54) is 0 Å². The number of rotatable bonds is 6. The second kappa shape index (κ2) is 9.90. The fourth-order valence-electron chi connectivity index (χ4n) is 3.25. The van der Waals surface area contributed by atoms with E-state index in [0.29, 0.717) is 51.5 Å². The second-order valence-corrected chi connectivity index (χ2v) is 7.93. The van der Waals surface area contributed by atoms with Crippen molar-refractivity contribution in [2.24, 2.45) is 5.92 Å². The highest BCUT2D eigenvalue weighted by molar-refractivity contribution is 5.84. The summed E-state index contributed by atoms with van der Waals surface area (Å²) < 4.78 is 10.8. The van der Waals surface area contributed by atoms with Crippen LogP contribution in [0.5, 0.6) is 0 Å². The maximum Gasteiger partial charge on any atom is 0.410 e. The maximum atomic E-state index is 12.9. The molecule has 2 aliphatic rings. The molecule has 0 aromatic carbocycles. The van der Waals surface area contributed by atoms with Crippen LogP contribution >= 0.6 is 0 Å². The number of morpholine rings is 1. The molecule has 152 valence electrons. The fourth-order valence-corrected chi connectivity index (χ4v) is 3.25. The first-order valence-corrected chi connectivity index (χ1v) is 9.80. The molecule has 0 unspecified atom stereocenters. The summed E-state index contributed by atoms with van der Waals surface area (Å²) in [5.41, 5.74) is -0.884. The standard InChI is InChI=1S/C19H32N4O4/c1-15(2)4-5-16(27-18(25)23-10-12-26-13-11-23)17(24)21-19(14-20)6-8-22(3)9-7-19/h15-16H,4-13H2,1-3H3,(H,21,24)/t16-/m0/s1. The zero-order chi connectivity index (χ0) is 19.9. The quantitative estimate of drug-likeness (QED) is 0.748. The third-order valence-corrected chi connectivity index (χ3v) is 5.23. The van der Waals surface area contributed by atoms with Crippen LogP contribution in [0.3, 0.4) is 0 Å². The van der Waals surface area contributed by atoms with Crippen LogP contribution in [0, 0.1) is 17.2 Å². The number of likely N-dealkylation sites (tertiary alicyclic amines) is 1. The van der Waals surface area contributed by atoms with E-state index in [1.54, 1.807) is 4.90 Å². The van der Waals surface area contributed by atoms with Gasteiger partial charge in [-0.1, -0.05) is 13.8 Å². The normalized spacial score (nSPS) is 21.4. The van der Waals surface area contributed by atoms with Crippen LogP contribution in [0.2, 0.25) is 0 Å². The zero-order valence-corrected chi connectivity index (χ0v) is 16.7. The van der Waals surface area contributed by atoms with Crippen molar-refractivity contribution in [2.45, 2.75) is 51.2 Å². The van der Waals surface area contributed by atoms with Gasteiger partial charge in [-0.15, -0.1) is 0 Å². The van der Waals surface area contributed by atoms with E-state index in [2.05, 4.69) is 30.1 Å². The number of carbonyl (C=O) groups excluding carboxylic acids is 2. The molecule has 0 aliphatic carbocycles. The Kier molecular flexibility index (Phi) is 7.87. The van der Waals surface area contributed by atoms with Gasteiger partial charge in [-0.25, -0.2) is 4.79 Å². The minimum atomic E-state index is -0.884. The predicted octanol–water partition coefficient (Wildman–Crippen LogP) is 1.36. The Labute approximate surface area is 161 Å². The highest BCUT2D eigenvalue weighted by Crippen LogP contribution is 2.22. The lowest BCUT2D eigenvalue weighted by Gasteiger charge is -2.37. The van der Waals surface area contributed by atoms with Crippen molar-refractivity contribution >= 4 is 12.0 Å². The van der Waals surface area contributed by atoms with Gasteiger partial charge in [0.1, 0.15) is 5.54 Å². The first-order valence-electron chi connectivity index (χ1n) is 9.80. The largest absolute Gasteiger partial charge is 0.436 e. The molecule has 0 radical (unpaired) electrons. The van der Waals surface area contributed by atoms with Crippen LogP contribution in [0.1, 0.15) is 39.5 Å². The molecule has 8 nitrogen and oxygen atoms in total. The minimum absolute atomic E-state index is 0.372. The average molecular weight is 380 g/mol. The molecule has 27 heavy (non-hydrogen) atoms. The van der Waals surface area contributed by atoms with Gasteiger partial charge >= 0.3 is 6.09 Å². The third kappa shape index (κ3) is 6.36. The number of nitrogens with zero attached hydrogens (tertiary/aromatic N) is 3. The van der Waals surface area contributed by atoms with Crippen molar-refractivity contribution < 1.29 is 19.1 Å². The van der Waals surface area contributed by atoms with Crippen molar-refractivity contribution in [3.63, 3.8) is 0 Å². The van der Waals surface area contributed by atoms with Crippen LogP contribution < -0.4 is 5.32 Å². The Morgan fingerprint density at radius 1 is 1.19 bits per heavy atom. The van der Waals surface area contributed by atoms with Crippen LogP contribution in [0.4, 0.5) is 4.79 Å². The summed E-state index contributed by atoms with van der Waals surface area (Å²) in [6, 6.07) is 2.28. The van der Waals surface area contributed by atoms with E-state index in [4.69, 9.17) is 9.47 Å². The molecule has 8 heteroatoms. The van der Waals surface area contributed by atoms with Crippen molar-refractivity contribution in [3.05, 3.63) is 0 Å². The highest BCUT2D eigenvalue weighted by atomic mass is 16.6. The summed E-state index contributed by atoms with van der Waals surface area (Å²) in [5.74, 6) is 0.0130. The average Bonchev–Trinajstić information content (AvgIpc) is 2.67. The fraction of sp³-hybridized carbons (Fsp3) is 0.842. The summed E-state index contributed by atoms with van der Waals surface area (Å²) in [5, 5.41) is 12.5. The van der Waals surface area contributed by atoms with Gasteiger partial charge in [0.25, 0.3) is 5.91 Å². The van der Waals surface area contributed by atoms with Crippen LogP contribution in [0.15, 0.2) is 0 Å². The van der Waals surface area contributed by atoms with Crippen LogP contribution in [0.25, 0.3) is 0 Å². The number of hydrogen-bond donors (Lipinski definition) is 1. The first kappa shape index (κ1) is 21.5. The Morgan fingerprint density at radius 2 is 1.81 bits per heavy atom. The molecule has 0 saturated carbocycles. The molecular formula is C19H32N4O4. The number of piperidine rings is 1. The number of ether oxygens (including phenoxy) is 2. The van der Waals surface area contributed by atoms with E-state index in [0.717, 1.165) is 19.5 Å². The molecular weight excluding hydrogens is 348 g/mol. The minimum Gasteiger partial charge on any atom is -0.436 e. The van der Waals surface area contributed by atoms with Gasteiger partial charge < -0.3 is 24.6 Å². The van der Waals surface area contributed by atoms with Crippen molar-refractivity contribution in [2.75, 3.05) is 46.4 Å². The van der Waals surface area contributed by atoms with Gasteiger partial charge in [0, 0.05) is 26.2 Å². The number of hydrogen-bond acceptors (Lipinski definition) is 6. The van der Waals surface area contributed by atoms with Crippen LogP contribution in [-0.2, 0) is 14.3 Å². The molecule has 0 spiro atoms. The molecule has 2 fully saturated rings. The Balaban J connectivity index is 2.01. The maximum absolute atomic E-state index is 12.9. The van der Waals surface area contributed by atoms with Gasteiger partial charge in [-0.3, -0.25) is 4.79 Å². The number of carbonyl (C=O) groups is 2. The zero-order valence-electron chi connectivity index (χ0n) is 16.7. The Bertz CT molecular complexity index is 546. The van der Waals surface area contributed by atoms with Gasteiger partial charge in [0.05, 0.1) is 19.3 Å². The van der Waals surface area contributed by atoms with E-state index >= 15 is 0 Å². The molecule has 2 saturated heterocycles. The van der Waals surface area contributed by atoms with E-state index in [1.807, 2.05) is 7.05 Å². The first-order chi connectivity index (χ1) is 12.8.